The number of nitrogens with two attached hydrogens (primary N) is 1. The van der Waals surface area contributed by atoms with Crippen molar-refractivity contribution in [2.24, 2.45) is 17.6 Å². The van der Waals surface area contributed by atoms with Gasteiger partial charge in [0.1, 0.15) is 0 Å². The van der Waals surface area contributed by atoms with Crippen molar-refractivity contribution in [1.29, 1.82) is 0 Å². The molecule has 0 bridgehead atoms. The highest BCUT2D eigenvalue weighted by Crippen LogP contribution is 2.37. The van der Waals surface area contributed by atoms with Crippen molar-refractivity contribution < 1.29 is 18.0 Å². The molecule has 1 amide bonds. The van der Waals surface area contributed by atoms with Gasteiger partial charge in [-0.25, -0.2) is 0 Å². The molecule has 0 saturated heterocycles. The zero-order valence-corrected chi connectivity index (χ0v) is 11.6. The lowest BCUT2D eigenvalue weighted by Crippen LogP contribution is -2.48. The number of amides is 1. The molecule has 0 spiro atoms. The standard InChI is InChI=1S/C14H23F3N2O/c15-14(16,17)9-5-7-10(8-6-9)19-13(20)11-3-1-2-4-12(11)18/h9-12H,1-8,18H2,(H,19,20). The Hall–Kier alpha value is -0.780. The zero-order chi connectivity index (χ0) is 14.8. The fourth-order valence-electron chi connectivity index (χ4n) is 3.36. The second-order valence-corrected chi connectivity index (χ2v) is 6.15. The lowest BCUT2D eigenvalue weighted by atomic mass is 9.82. The van der Waals surface area contributed by atoms with Crippen molar-refractivity contribution >= 4 is 5.91 Å². The van der Waals surface area contributed by atoms with Gasteiger partial charge in [-0.3, -0.25) is 4.79 Å². The molecule has 20 heavy (non-hydrogen) atoms. The van der Waals surface area contributed by atoms with Crippen molar-refractivity contribution in [2.75, 3.05) is 0 Å². The number of hydrogen-bond donors (Lipinski definition) is 2. The highest BCUT2D eigenvalue weighted by Gasteiger charge is 2.41. The summed E-state index contributed by atoms with van der Waals surface area (Å²) in [4.78, 5) is 12.1. The van der Waals surface area contributed by atoms with E-state index in [0.29, 0.717) is 12.8 Å². The summed E-state index contributed by atoms with van der Waals surface area (Å²) in [5.74, 6) is -1.43. The normalized spacial score (nSPS) is 35.6. The van der Waals surface area contributed by atoms with Gasteiger partial charge in [0.2, 0.25) is 5.91 Å². The van der Waals surface area contributed by atoms with Crippen molar-refractivity contribution in [1.82, 2.24) is 5.32 Å². The van der Waals surface area contributed by atoms with Crippen LogP contribution in [-0.4, -0.2) is 24.2 Å². The molecule has 0 aromatic carbocycles. The minimum Gasteiger partial charge on any atom is -0.353 e. The Morgan fingerprint density at radius 2 is 1.60 bits per heavy atom. The highest BCUT2D eigenvalue weighted by molar-refractivity contribution is 5.79. The van der Waals surface area contributed by atoms with Gasteiger partial charge >= 0.3 is 6.18 Å². The number of alkyl halides is 3. The molecule has 0 aliphatic heterocycles. The topological polar surface area (TPSA) is 55.1 Å². The summed E-state index contributed by atoms with van der Waals surface area (Å²) >= 11 is 0. The lowest BCUT2D eigenvalue weighted by Gasteiger charge is -2.33. The number of rotatable bonds is 2. The van der Waals surface area contributed by atoms with Gasteiger partial charge < -0.3 is 11.1 Å². The summed E-state index contributed by atoms with van der Waals surface area (Å²) in [6.45, 7) is 0. The molecule has 3 N–H and O–H groups in total. The Kier molecular flexibility index (Phi) is 4.94. The zero-order valence-electron chi connectivity index (χ0n) is 11.6. The van der Waals surface area contributed by atoms with Gasteiger partial charge in [-0.1, -0.05) is 12.8 Å². The maximum atomic E-state index is 12.6. The van der Waals surface area contributed by atoms with Crippen LogP contribution in [0.25, 0.3) is 0 Å². The van der Waals surface area contributed by atoms with Crippen molar-refractivity contribution in [3.8, 4) is 0 Å². The maximum Gasteiger partial charge on any atom is 0.391 e. The molecule has 0 aromatic rings. The number of carbonyl (C=O) groups excluding carboxylic acids is 1. The van der Waals surface area contributed by atoms with Gasteiger partial charge in [0.05, 0.1) is 11.8 Å². The summed E-state index contributed by atoms with van der Waals surface area (Å²) in [5.41, 5.74) is 5.95. The van der Waals surface area contributed by atoms with E-state index < -0.39 is 12.1 Å². The van der Waals surface area contributed by atoms with Crippen LogP contribution in [0.15, 0.2) is 0 Å². The molecule has 0 radical (unpaired) electrons. The van der Waals surface area contributed by atoms with Crippen molar-refractivity contribution in [3.05, 3.63) is 0 Å². The van der Waals surface area contributed by atoms with Gasteiger partial charge in [-0.2, -0.15) is 13.2 Å². The first-order valence-electron chi connectivity index (χ1n) is 7.50. The predicted octanol–water partition coefficient (Wildman–Crippen LogP) is 2.74. The Morgan fingerprint density at radius 3 is 2.15 bits per heavy atom. The van der Waals surface area contributed by atoms with Gasteiger partial charge in [-0.15, -0.1) is 0 Å². The van der Waals surface area contributed by atoms with E-state index >= 15 is 0 Å². The van der Waals surface area contributed by atoms with E-state index in [1.807, 2.05) is 0 Å². The summed E-state index contributed by atoms with van der Waals surface area (Å²) in [5, 5.41) is 2.90. The van der Waals surface area contributed by atoms with Gasteiger partial charge in [-0.05, 0) is 38.5 Å². The molecule has 6 heteroatoms. The average Bonchev–Trinajstić information content (AvgIpc) is 2.38. The number of hydrogen-bond acceptors (Lipinski definition) is 2. The molecule has 2 aliphatic carbocycles. The van der Waals surface area contributed by atoms with E-state index in [1.54, 1.807) is 0 Å². The van der Waals surface area contributed by atoms with Crippen LogP contribution in [0.4, 0.5) is 13.2 Å². The second kappa shape index (κ2) is 6.33. The van der Waals surface area contributed by atoms with Crippen LogP contribution in [0.3, 0.4) is 0 Å². The predicted molar refractivity (Wildman–Crippen MR) is 69.9 cm³/mol. The molecular weight excluding hydrogens is 269 g/mol. The molecule has 0 aromatic heterocycles. The highest BCUT2D eigenvalue weighted by atomic mass is 19.4. The smallest absolute Gasteiger partial charge is 0.353 e. The van der Waals surface area contributed by atoms with Crippen LogP contribution in [0.5, 0.6) is 0 Å². The molecule has 2 aliphatic rings. The van der Waals surface area contributed by atoms with Gasteiger partial charge in [0.15, 0.2) is 0 Å². The van der Waals surface area contributed by atoms with Crippen molar-refractivity contribution in [3.63, 3.8) is 0 Å². The Morgan fingerprint density at radius 1 is 1.00 bits per heavy atom. The van der Waals surface area contributed by atoms with Crippen LogP contribution in [0.1, 0.15) is 51.4 Å². The van der Waals surface area contributed by atoms with Crippen molar-refractivity contribution in [2.45, 2.75) is 69.6 Å². The molecular formula is C14H23F3N2O. The Balaban J connectivity index is 1.79. The maximum absolute atomic E-state index is 12.6. The SMILES string of the molecule is NC1CCCCC1C(=O)NC1CCC(C(F)(F)F)CC1. The van der Waals surface area contributed by atoms with E-state index in [1.165, 1.54) is 0 Å². The monoisotopic (exact) mass is 292 g/mol. The van der Waals surface area contributed by atoms with Gasteiger partial charge in [0.25, 0.3) is 0 Å². The first-order chi connectivity index (χ1) is 9.38. The largest absolute Gasteiger partial charge is 0.391 e. The quantitative estimate of drug-likeness (QED) is 0.822. The third-order valence-corrected chi connectivity index (χ3v) is 4.69. The molecule has 116 valence electrons. The fraction of sp³-hybridized carbons (Fsp3) is 0.929. The Bertz CT molecular complexity index is 338. The summed E-state index contributed by atoms with van der Waals surface area (Å²) in [6, 6.07) is -0.217. The van der Waals surface area contributed by atoms with Crippen LogP contribution < -0.4 is 11.1 Å². The third-order valence-electron chi connectivity index (χ3n) is 4.69. The first-order valence-corrected chi connectivity index (χ1v) is 7.50. The minimum atomic E-state index is -4.10. The van der Waals surface area contributed by atoms with Crippen LogP contribution >= 0.6 is 0 Å². The first kappa shape index (κ1) is 15.6. The van der Waals surface area contributed by atoms with E-state index in [0.717, 1.165) is 25.7 Å². The molecule has 0 heterocycles. The molecule has 2 atom stereocenters. The van der Waals surface area contributed by atoms with Crippen LogP contribution in [0, 0.1) is 11.8 Å². The molecule has 3 nitrogen and oxygen atoms in total. The summed E-state index contributed by atoms with van der Waals surface area (Å²) in [6.07, 6.45) is 0.685. The molecule has 2 saturated carbocycles. The minimum absolute atomic E-state index is 0.0624. The van der Waals surface area contributed by atoms with Crippen LogP contribution in [-0.2, 0) is 4.79 Å². The van der Waals surface area contributed by atoms with Crippen LogP contribution in [0.2, 0.25) is 0 Å². The fourth-order valence-corrected chi connectivity index (χ4v) is 3.36. The van der Waals surface area contributed by atoms with E-state index in [4.69, 9.17) is 5.73 Å². The lowest BCUT2D eigenvalue weighted by molar-refractivity contribution is -0.182. The van der Waals surface area contributed by atoms with E-state index in [2.05, 4.69) is 5.32 Å². The molecule has 2 unspecified atom stereocenters. The molecule has 2 rings (SSSR count). The third kappa shape index (κ3) is 3.87. The Labute approximate surface area is 117 Å². The average molecular weight is 292 g/mol. The number of carbonyl (C=O) groups is 1. The summed E-state index contributed by atoms with van der Waals surface area (Å²) < 4.78 is 37.7. The summed E-state index contributed by atoms with van der Waals surface area (Å²) in [7, 11) is 0. The molecule has 2 fully saturated rings. The number of halogens is 3. The van der Waals surface area contributed by atoms with E-state index in [9.17, 15) is 18.0 Å². The van der Waals surface area contributed by atoms with Gasteiger partial charge in [0, 0.05) is 12.1 Å². The second-order valence-electron chi connectivity index (χ2n) is 6.15. The van der Waals surface area contributed by atoms with E-state index in [-0.39, 0.29) is 36.8 Å². The number of nitrogens with one attached hydrogen (secondary N) is 1.